The predicted octanol–water partition coefficient (Wildman–Crippen LogP) is 2.28. The van der Waals surface area contributed by atoms with Crippen LogP contribution in [0.1, 0.15) is 24.8 Å². The van der Waals surface area contributed by atoms with Gasteiger partial charge in [0.1, 0.15) is 0 Å². The van der Waals surface area contributed by atoms with Crippen molar-refractivity contribution in [3.63, 3.8) is 0 Å². The predicted molar refractivity (Wildman–Crippen MR) is 81.7 cm³/mol. The zero-order valence-electron chi connectivity index (χ0n) is 12.3. The minimum Gasteiger partial charge on any atom is -0.375 e. The molecule has 3 rings (SSSR count). The lowest BCUT2D eigenvalue weighted by atomic mass is 9.79. The molecule has 3 heteroatoms. The Kier molecular flexibility index (Phi) is 4.71. The highest BCUT2D eigenvalue weighted by molar-refractivity contribution is 5.13. The molecule has 1 N–H and O–H groups in total. The third kappa shape index (κ3) is 3.60. The largest absolute Gasteiger partial charge is 0.375 e. The van der Waals surface area contributed by atoms with Crippen molar-refractivity contribution in [3.8, 4) is 0 Å². The average molecular weight is 274 g/mol. The highest BCUT2D eigenvalue weighted by Crippen LogP contribution is 2.35. The minimum atomic E-state index is 0.567. The van der Waals surface area contributed by atoms with E-state index in [0.717, 1.165) is 19.8 Å². The zero-order chi connectivity index (χ0) is 13.7. The van der Waals surface area contributed by atoms with Gasteiger partial charge in [-0.05, 0) is 43.3 Å². The number of ether oxygens (including phenoxy) is 1. The van der Waals surface area contributed by atoms with E-state index in [-0.39, 0.29) is 0 Å². The van der Waals surface area contributed by atoms with Gasteiger partial charge in [0.15, 0.2) is 0 Å². The molecule has 2 aliphatic rings. The molecule has 3 nitrogen and oxygen atoms in total. The third-order valence-corrected chi connectivity index (χ3v) is 4.74. The maximum Gasteiger partial charge on any atom is 0.0717 e. The molecule has 1 aromatic rings. The molecule has 2 fully saturated rings. The van der Waals surface area contributed by atoms with E-state index < -0.39 is 0 Å². The van der Waals surface area contributed by atoms with Crippen molar-refractivity contribution >= 4 is 0 Å². The summed E-state index contributed by atoms with van der Waals surface area (Å²) in [6.45, 7) is 7.59. The molecule has 0 saturated carbocycles. The fourth-order valence-corrected chi connectivity index (χ4v) is 3.60. The van der Waals surface area contributed by atoms with Crippen LogP contribution >= 0.6 is 0 Å². The van der Waals surface area contributed by atoms with Gasteiger partial charge in [-0.1, -0.05) is 30.3 Å². The van der Waals surface area contributed by atoms with Gasteiger partial charge in [-0.15, -0.1) is 0 Å². The van der Waals surface area contributed by atoms with E-state index in [0.29, 0.717) is 5.41 Å². The van der Waals surface area contributed by atoms with Crippen molar-refractivity contribution in [1.82, 2.24) is 10.2 Å². The molecule has 2 saturated heterocycles. The first-order chi connectivity index (χ1) is 9.86. The van der Waals surface area contributed by atoms with Crippen LogP contribution in [-0.2, 0) is 11.3 Å². The SMILES string of the molecule is c1ccc(COCCN2CCCC3(CCNC3)C2)cc1. The minimum absolute atomic E-state index is 0.567. The van der Waals surface area contributed by atoms with Crippen molar-refractivity contribution < 1.29 is 4.74 Å². The lowest BCUT2D eigenvalue weighted by molar-refractivity contribution is 0.0531. The van der Waals surface area contributed by atoms with Gasteiger partial charge < -0.3 is 15.0 Å². The molecular weight excluding hydrogens is 248 g/mol. The van der Waals surface area contributed by atoms with Gasteiger partial charge in [0.05, 0.1) is 13.2 Å². The summed E-state index contributed by atoms with van der Waals surface area (Å²) < 4.78 is 5.82. The highest BCUT2D eigenvalue weighted by Gasteiger charge is 2.37. The number of hydrogen-bond donors (Lipinski definition) is 1. The van der Waals surface area contributed by atoms with E-state index >= 15 is 0 Å². The maximum absolute atomic E-state index is 5.82. The van der Waals surface area contributed by atoms with Crippen molar-refractivity contribution in [1.29, 1.82) is 0 Å². The zero-order valence-corrected chi connectivity index (χ0v) is 12.3. The van der Waals surface area contributed by atoms with Gasteiger partial charge in [0.25, 0.3) is 0 Å². The fourth-order valence-electron chi connectivity index (χ4n) is 3.60. The molecule has 0 amide bonds. The van der Waals surface area contributed by atoms with Gasteiger partial charge in [0.2, 0.25) is 0 Å². The van der Waals surface area contributed by atoms with Gasteiger partial charge in [0, 0.05) is 19.6 Å². The van der Waals surface area contributed by atoms with Crippen LogP contribution < -0.4 is 5.32 Å². The summed E-state index contributed by atoms with van der Waals surface area (Å²) in [7, 11) is 0. The first kappa shape index (κ1) is 14.1. The molecular formula is C17H26N2O. The molecule has 1 unspecified atom stereocenters. The van der Waals surface area contributed by atoms with E-state index in [4.69, 9.17) is 4.74 Å². The van der Waals surface area contributed by atoms with Gasteiger partial charge in [-0.25, -0.2) is 0 Å². The molecule has 1 atom stereocenters. The van der Waals surface area contributed by atoms with Gasteiger partial charge in [-0.2, -0.15) is 0 Å². The van der Waals surface area contributed by atoms with Crippen molar-refractivity contribution in [2.75, 3.05) is 39.3 Å². The van der Waals surface area contributed by atoms with Crippen LogP contribution in [0.4, 0.5) is 0 Å². The molecule has 1 aromatic carbocycles. The van der Waals surface area contributed by atoms with Crippen LogP contribution in [0.25, 0.3) is 0 Å². The van der Waals surface area contributed by atoms with Crippen LogP contribution in [0.2, 0.25) is 0 Å². The van der Waals surface area contributed by atoms with Crippen LogP contribution in [-0.4, -0.2) is 44.2 Å². The van der Waals surface area contributed by atoms with Crippen molar-refractivity contribution in [3.05, 3.63) is 35.9 Å². The number of benzene rings is 1. The Hall–Kier alpha value is -0.900. The number of hydrogen-bond acceptors (Lipinski definition) is 3. The molecule has 110 valence electrons. The number of rotatable bonds is 5. The highest BCUT2D eigenvalue weighted by atomic mass is 16.5. The number of nitrogens with zero attached hydrogens (tertiary/aromatic N) is 1. The van der Waals surface area contributed by atoms with Gasteiger partial charge in [-0.3, -0.25) is 0 Å². The summed E-state index contributed by atoms with van der Waals surface area (Å²) in [6.07, 6.45) is 4.11. The van der Waals surface area contributed by atoms with E-state index in [2.05, 4.69) is 34.5 Å². The Labute approximate surface area is 122 Å². The molecule has 0 aromatic heterocycles. The topological polar surface area (TPSA) is 24.5 Å². The summed E-state index contributed by atoms with van der Waals surface area (Å²) in [5.74, 6) is 0. The molecule has 1 spiro atoms. The third-order valence-electron chi connectivity index (χ3n) is 4.74. The summed E-state index contributed by atoms with van der Waals surface area (Å²) in [5.41, 5.74) is 1.83. The first-order valence-electron chi connectivity index (χ1n) is 7.91. The monoisotopic (exact) mass is 274 g/mol. The molecule has 0 aliphatic carbocycles. The molecule has 20 heavy (non-hydrogen) atoms. The Morgan fingerprint density at radius 1 is 1.20 bits per heavy atom. The van der Waals surface area contributed by atoms with E-state index in [9.17, 15) is 0 Å². The normalized spacial score (nSPS) is 27.2. The second-order valence-corrected chi connectivity index (χ2v) is 6.34. The summed E-state index contributed by atoms with van der Waals surface area (Å²) >= 11 is 0. The smallest absolute Gasteiger partial charge is 0.0717 e. The number of likely N-dealkylation sites (tertiary alicyclic amines) is 1. The number of nitrogens with one attached hydrogen (secondary N) is 1. The maximum atomic E-state index is 5.82. The van der Waals surface area contributed by atoms with Crippen molar-refractivity contribution in [2.24, 2.45) is 5.41 Å². The quantitative estimate of drug-likeness (QED) is 0.834. The van der Waals surface area contributed by atoms with Crippen LogP contribution in [0.15, 0.2) is 30.3 Å². The Morgan fingerprint density at radius 2 is 2.10 bits per heavy atom. The van der Waals surface area contributed by atoms with E-state index in [1.807, 2.05) is 6.07 Å². The van der Waals surface area contributed by atoms with Crippen molar-refractivity contribution in [2.45, 2.75) is 25.9 Å². The molecule has 2 heterocycles. The van der Waals surface area contributed by atoms with Gasteiger partial charge >= 0.3 is 0 Å². The van der Waals surface area contributed by atoms with E-state index in [1.54, 1.807) is 0 Å². The Balaban J connectivity index is 1.38. The summed E-state index contributed by atoms with van der Waals surface area (Å²) in [6, 6.07) is 10.4. The first-order valence-corrected chi connectivity index (χ1v) is 7.91. The number of piperidine rings is 1. The fraction of sp³-hybridized carbons (Fsp3) is 0.647. The molecule has 2 aliphatic heterocycles. The van der Waals surface area contributed by atoms with Crippen LogP contribution in [0.3, 0.4) is 0 Å². The second-order valence-electron chi connectivity index (χ2n) is 6.34. The van der Waals surface area contributed by atoms with Crippen LogP contribution in [0.5, 0.6) is 0 Å². The lowest BCUT2D eigenvalue weighted by Gasteiger charge is -2.40. The average Bonchev–Trinajstić information content (AvgIpc) is 2.93. The Bertz CT molecular complexity index is 401. The standard InChI is InChI=1S/C17H26N2O/c1-2-5-16(6-3-1)13-20-12-11-19-10-4-7-17(15-19)8-9-18-14-17/h1-3,5-6,18H,4,7-15H2. The summed E-state index contributed by atoms with van der Waals surface area (Å²) in [4.78, 5) is 2.60. The molecule has 0 bridgehead atoms. The molecule has 0 radical (unpaired) electrons. The second kappa shape index (κ2) is 6.70. The summed E-state index contributed by atoms with van der Waals surface area (Å²) in [5, 5.41) is 3.53. The Morgan fingerprint density at radius 3 is 2.90 bits per heavy atom. The van der Waals surface area contributed by atoms with E-state index in [1.165, 1.54) is 51.0 Å². The van der Waals surface area contributed by atoms with Crippen LogP contribution in [0, 0.1) is 5.41 Å². The lowest BCUT2D eigenvalue weighted by Crippen LogP contribution is -2.45.